The number of hydrogen-bond donors (Lipinski definition) is 0. The van der Waals surface area contributed by atoms with E-state index in [0.29, 0.717) is 6.54 Å². The number of hydrogen-bond acceptors (Lipinski definition) is 3. The van der Waals surface area contributed by atoms with Crippen LogP contribution in [0.5, 0.6) is 0 Å². The van der Waals surface area contributed by atoms with Gasteiger partial charge in [0.25, 0.3) is 0 Å². The standard InChI is InChI=1S/C16H18N2O2S/c1-2-11-18(12-5-10-17)21(19,20)16-9-8-14-6-3-4-7-15(14)13-16/h3-4,6-9,13H,2,5,11-12H2,1H3. The first-order chi connectivity index (χ1) is 10.1. The summed E-state index contributed by atoms with van der Waals surface area (Å²) in [6.45, 7) is 2.59. The normalized spacial score (nSPS) is 11.7. The van der Waals surface area contributed by atoms with Crippen molar-refractivity contribution < 1.29 is 8.42 Å². The van der Waals surface area contributed by atoms with E-state index in [9.17, 15) is 8.42 Å². The number of benzene rings is 2. The zero-order chi connectivity index (χ0) is 15.3. The van der Waals surface area contributed by atoms with Crippen molar-refractivity contribution in [1.82, 2.24) is 4.31 Å². The number of rotatable bonds is 6. The van der Waals surface area contributed by atoms with Crippen molar-refractivity contribution in [2.45, 2.75) is 24.7 Å². The van der Waals surface area contributed by atoms with Crippen LogP contribution in [0.25, 0.3) is 10.8 Å². The zero-order valence-corrected chi connectivity index (χ0v) is 12.8. The van der Waals surface area contributed by atoms with Crippen molar-refractivity contribution in [3.05, 3.63) is 42.5 Å². The molecule has 0 aromatic heterocycles. The third-order valence-electron chi connectivity index (χ3n) is 3.30. The Balaban J connectivity index is 2.41. The highest BCUT2D eigenvalue weighted by Crippen LogP contribution is 2.22. The molecule has 0 heterocycles. The number of sulfonamides is 1. The molecule has 2 rings (SSSR count). The second-order valence-electron chi connectivity index (χ2n) is 4.82. The molecule has 0 radical (unpaired) electrons. The van der Waals surface area contributed by atoms with Gasteiger partial charge >= 0.3 is 0 Å². The van der Waals surface area contributed by atoms with Crippen molar-refractivity contribution in [3.63, 3.8) is 0 Å². The Hall–Kier alpha value is -1.90. The Kier molecular flexibility index (Phi) is 4.94. The van der Waals surface area contributed by atoms with Gasteiger partial charge in [-0.05, 0) is 29.3 Å². The maximum atomic E-state index is 12.7. The number of nitrogens with zero attached hydrogens (tertiary/aromatic N) is 2. The maximum Gasteiger partial charge on any atom is 0.243 e. The molecule has 0 spiro atoms. The molecule has 21 heavy (non-hydrogen) atoms. The Morgan fingerprint density at radius 1 is 1.10 bits per heavy atom. The summed E-state index contributed by atoms with van der Waals surface area (Å²) in [5.74, 6) is 0. The van der Waals surface area contributed by atoms with E-state index in [4.69, 9.17) is 5.26 Å². The molecule has 0 aliphatic heterocycles. The molecule has 0 bridgehead atoms. The third-order valence-corrected chi connectivity index (χ3v) is 5.20. The Labute approximate surface area is 125 Å². The maximum absolute atomic E-state index is 12.7. The molecular weight excluding hydrogens is 284 g/mol. The summed E-state index contributed by atoms with van der Waals surface area (Å²) < 4.78 is 26.8. The number of nitriles is 1. The van der Waals surface area contributed by atoms with E-state index in [1.807, 2.05) is 43.3 Å². The van der Waals surface area contributed by atoms with Gasteiger partial charge in [-0.15, -0.1) is 0 Å². The van der Waals surface area contributed by atoms with Crippen LogP contribution in [-0.2, 0) is 10.0 Å². The van der Waals surface area contributed by atoms with Crippen LogP contribution in [-0.4, -0.2) is 25.8 Å². The van der Waals surface area contributed by atoms with Crippen LogP contribution in [0.3, 0.4) is 0 Å². The summed E-state index contributed by atoms with van der Waals surface area (Å²) >= 11 is 0. The van der Waals surface area contributed by atoms with Crippen LogP contribution in [0.1, 0.15) is 19.8 Å². The molecule has 0 atom stereocenters. The predicted molar refractivity (Wildman–Crippen MR) is 83.2 cm³/mol. The fourth-order valence-corrected chi connectivity index (χ4v) is 3.82. The molecule has 0 aliphatic carbocycles. The minimum atomic E-state index is -3.54. The van der Waals surface area contributed by atoms with E-state index in [-0.39, 0.29) is 17.9 Å². The second kappa shape index (κ2) is 6.70. The highest BCUT2D eigenvalue weighted by atomic mass is 32.2. The molecule has 0 N–H and O–H groups in total. The molecule has 4 nitrogen and oxygen atoms in total. The molecule has 0 saturated heterocycles. The first-order valence-corrected chi connectivity index (χ1v) is 8.39. The molecule has 5 heteroatoms. The van der Waals surface area contributed by atoms with Crippen molar-refractivity contribution in [3.8, 4) is 6.07 Å². The van der Waals surface area contributed by atoms with E-state index in [0.717, 1.165) is 17.2 Å². The largest absolute Gasteiger partial charge is 0.243 e. The summed E-state index contributed by atoms with van der Waals surface area (Å²) in [6, 6.07) is 14.8. The zero-order valence-electron chi connectivity index (χ0n) is 12.0. The van der Waals surface area contributed by atoms with Gasteiger partial charge in [0.1, 0.15) is 0 Å². The minimum Gasteiger partial charge on any atom is -0.207 e. The average Bonchev–Trinajstić information content (AvgIpc) is 2.50. The number of fused-ring (bicyclic) bond motifs is 1. The molecule has 2 aromatic rings. The molecule has 110 valence electrons. The van der Waals surface area contributed by atoms with Gasteiger partial charge in [0.05, 0.1) is 11.0 Å². The lowest BCUT2D eigenvalue weighted by Crippen LogP contribution is -2.32. The van der Waals surface area contributed by atoms with Gasteiger partial charge in [-0.1, -0.05) is 37.3 Å². The average molecular weight is 302 g/mol. The molecule has 0 fully saturated rings. The Morgan fingerprint density at radius 3 is 2.48 bits per heavy atom. The lowest BCUT2D eigenvalue weighted by atomic mass is 10.1. The van der Waals surface area contributed by atoms with Crippen molar-refractivity contribution in [1.29, 1.82) is 5.26 Å². The highest BCUT2D eigenvalue weighted by Gasteiger charge is 2.23. The molecule has 0 saturated carbocycles. The summed E-state index contributed by atoms with van der Waals surface area (Å²) in [4.78, 5) is 0.285. The van der Waals surface area contributed by atoms with Gasteiger partial charge in [-0.3, -0.25) is 0 Å². The SMILES string of the molecule is CCCN(CCC#N)S(=O)(=O)c1ccc2ccccc2c1. The van der Waals surface area contributed by atoms with Gasteiger partial charge in [0.15, 0.2) is 0 Å². The summed E-state index contributed by atoms with van der Waals surface area (Å²) in [6.07, 6.45) is 0.922. The molecule has 0 aliphatic rings. The van der Waals surface area contributed by atoms with E-state index < -0.39 is 10.0 Å². The topological polar surface area (TPSA) is 61.2 Å². The lowest BCUT2D eigenvalue weighted by Gasteiger charge is -2.20. The smallest absolute Gasteiger partial charge is 0.207 e. The minimum absolute atomic E-state index is 0.201. The monoisotopic (exact) mass is 302 g/mol. The van der Waals surface area contributed by atoms with Crippen LogP contribution in [0, 0.1) is 11.3 Å². The van der Waals surface area contributed by atoms with E-state index >= 15 is 0 Å². The van der Waals surface area contributed by atoms with Gasteiger partial charge in [0.2, 0.25) is 10.0 Å². The molecule has 2 aromatic carbocycles. The second-order valence-corrected chi connectivity index (χ2v) is 6.76. The summed E-state index contributed by atoms with van der Waals surface area (Å²) in [5, 5.41) is 10.6. The lowest BCUT2D eigenvalue weighted by molar-refractivity contribution is 0.417. The van der Waals surface area contributed by atoms with Crippen LogP contribution >= 0.6 is 0 Å². The van der Waals surface area contributed by atoms with Crippen molar-refractivity contribution in [2.24, 2.45) is 0 Å². The summed E-state index contributed by atoms with van der Waals surface area (Å²) in [7, 11) is -3.54. The van der Waals surface area contributed by atoms with E-state index in [1.54, 1.807) is 12.1 Å². The molecule has 0 unspecified atom stereocenters. The van der Waals surface area contributed by atoms with Crippen LogP contribution in [0.2, 0.25) is 0 Å². The van der Waals surface area contributed by atoms with E-state index in [1.165, 1.54) is 4.31 Å². The van der Waals surface area contributed by atoms with Crippen LogP contribution < -0.4 is 0 Å². The Morgan fingerprint density at radius 2 is 1.81 bits per heavy atom. The van der Waals surface area contributed by atoms with Crippen molar-refractivity contribution in [2.75, 3.05) is 13.1 Å². The van der Waals surface area contributed by atoms with Gasteiger partial charge < -0.3 is 0 Å². The molecular formula is C16H18N2O2S. The highest BCUT2D eigenvalue weighted by molar-refractivity contribution is 7.89. The quantitative estimate of drug-likeness (QED) is 0.823. The van der Waals surface area contributed by atoms with E-state index in [2.05, 4.69) is 0 Å². The van der Waals surface area contributed by atoms with Gasteiger partial charge in [0, 0.05) is 19.5 Å². The predicted octanol–water partition coefficient (Wildman–Crippen LogP) is 3.15. The molecule has 0 amide bonds. The first kappa shape index (κ1) is 15.5. The summed E-state index contributed by atoms with van der Waals surface area (Å²) in [5.41, 5.74) is 0. The van der Waals surface area contributed by atoms with Crippen molar-refractivity contribution >= 4 is 20.8 Å². The third kappa shape index (κ3) is 3.41. The fraction of sp³-hybridized carbons (Fsp3) is 0.312. The van der Waals surface area contributed by atoms with Crippen LogP contribution in [0.15, 0.2) is 47.4 Å². The van der Waals surface area contributed by atoms with Crippen LogP contribution in [0.4, 0.5) is 0 Å². The van der Waals surface area contributed by atoms with Gasteiger partial charge in [-0.2, -0.15) is 9.57 Å². The fourth-order valence-electron chi connectivity index (χ4n) is 2.25. The Bertz CT molecular complexity index is 763. The first-order valence-electron chi connectivity index (χ1n) is 6.95. The van der Waals surface area contributed by atoms with Gasteiger partial charge in [-0.25, -0.2) is 8.42 Å².